The first-order valence-corrected chi connectivity index (χ1v) is 8.80. The minimum Gasteiger partial charge on any atom is -0.490 e. The highest BCUT2D eigenvalue weighted by Gasteiger charge is 2.34. The molecule has 1 aromatic carbocycles. The number of rotatable bonds is 9. The molecule has 0 heterocycles. The number of ether oxygens (including phenoxy) is 1. The van der Waals surface area contributed by atoms with Gasteiger partial charge in [-0.25, -0.2) is 0 Å². The van der Waals surface area contributed by atoms with Gasteiger partial charge in [0.1, 0.15) is 5.75 Å². The molecule has 2 rings (SSSR count). The zero-order chi connectivity index (χ0) is 16.7. The molecule has 1 saturated carbocycles. The van der Waals surface area contributed by atoms with Crippen LogP contribution in [0.15, 0.2) is 24.3 Å². The van der Waals surface area contributed by atoms with Gasteiger partial charge >= 0.3 is 5.97 Å². The summed E-state index contributed by atoms with van der Waals surface area (Å²) in [6, 6.07) is 8.06. The minimum atomic E-state index is -0.717. The Labute approximate surface area is 139 Å². The quantitative estimate of drug-likeness (QED) is 0.722. The predicted octanol–water partition coefficient (Wildman–Crippen LogP) is 3.99. The number of para-hydroxylation sites is 1. The second-order valence-corrected chi connectivity index (χ2v) is 6.53. The molecule has 2 N–H and O–H groups in total. The van der Waals surface area contributed by atoms with Gasteiger partial charge in [0, 0.05) is 18.7 Å². The summed E-state index contributed by atoms with van der Waals surface area (Å²) in [5.41, 5.74) is 0.423. The summed E-state index contributed by atoms with van der Waals surface area (Å²) in [6.07, 6.45) is 6.36. The molecule has 0 unspecified atom stereocenters. The molecule has 1 aromatic rings. The number of carboxylic acid groups (broad SMARTS) is 1. The molecule has 1 aliphatic carbocycles. The summed E-state index contributed by atoms with van der Waals surface area (Å²) < 4.78 is 6.13. The summed E-state index contributed by atoms with van der Waals surface area (Å²) in [5.74, 6) is 0.214. The molecular formula is C19H29NO3. The van der Waals surface area contributed by atoms with E-state index in [-0.39, 0.29) is 0 Å². The molecule has 128 valence electrons. The van der Waals surface area contributed by atoms with E-state index >= 15 is 0 Å². The Balaban J connectivity index is 1.96. The number of hydrogen-bond donors (Lipinski definition) is 2. The van der Waals surface area contributed by atoms with E-state index < -0.39 is 11.4 Å². The summed E-state index contributed by atoms with van der Waals surface area (Å²) >= 11 is 0. The second kappa shape index (κ2) is 8.34. The third-order valence-electron chi connectivity index (χ3n) is 5.15. The van der Waals surface area contributed by atoms with Crippen LogP contribution in [0.3, 0.4) is 0 Å². The molecule has 1 fully saturated rings. The zero-order valence-electron chi connectivity index (χ0n) is 14.3. The van der Waals surface area contributed by atoms with Gasteiger partial charge in [-0.1, -0.05) is 32.0 Å². The van der Waals surface area contributed by atoms with Crippen molar-refractivity contribution in [2.75, 3.05) is 6.54 Å². The van der Waals surface area contributed by atoms with E-state index in [9.17, 15) is 9.90 Å². The van der Waals surface area contributed by atoms with Crippen molar-refractivity contribution >= 4 is 5.97 Å². The molecule has 0 spiro atoms. The third kappa shape index (κ3) is 4.47. The monoisotopic (exact) mass is 319 g/mol. The van der Waals surface area contributed by atoms with E-state index in [1.54, 1.807) is 0 Å². The normalized spacial score (nSPS) is 15.7. The minimum absolute atomic E-state index is 0.334. The van der Waals surface area contributed by atoms with E-state index in [0.29, 0.717) is 32.0 Å². The van der Waals surface area contributed by atoms with Crippen LogP contribution in [-0.2, 0) is 11.3 Å². The van der Waals surface area contributed by atoms with Crippen molar-refractivity contribution < 1.29 is 14.6 Å². The molecule has 0 amide bonds. The van der Waals surface area contributed by atoms with Gasteiger partial charge in [0.15, 0.2) is 0 Å². The average molecular weight is 319 g/mol. The first-order valence-electron chi connectivity index (χ1n) is 8.80. The fourth-order valence-corrected chi connectivity index (χ4v) is 3.27. The van der Waals surface area contributed by atoms with Gasteiger partial charge in [-0.05, 0) is 44.6 Å². The van der Waals surface area contributed by atoms with Crippen LogP contribution < -0.4 is 10.1 Å². The number of carboxylic acids is 1. The number of hydrogen-bond acceptors (Lipinski definition) is 3. The van der Waals surface area contributed by atoms with Gasteiger partial charge < -0.3 is 15.2 Å². The lowest BCUT2D eigenvalue weighted by Gasteiger charge is -2.27. The van der Waals surface area contributed by atoms with E-state index in [4.69, 9.17) is 4.74 Å². The third-order valence-corrected chi connectivity index (χ3v) is 5.15. The maximum absolute atomic E-state index is 11.6. The zero-order valence-corrected chi connectivity index (χ0v) is 14.3. The van der Waals surface area contributed by atoms with Crippen LogP contribution in [0, 0.1) is 5.41 Å². The first kappa shape index (κ1) is 17.8. The lowest BCUT2D eigenvalue weighted by Crippen LogP contribution is -2.40. The van der Waals surface area contributed by atoms with E-state index in [0.717, 1.165) is 24.2 Å². The van der Waals surface area contributed by atoms with Gasteiger partial charge in [-0.2, -0.15) is 0 Å². The molecule has 1 aliphatic rings. The Morgan fingerprint density at radius 1 is 1.26 bits per heavy atom. The highest BCUT2D eigenvalue weighted by Crippen LogP contribution is 2.28. The predicted molar refractivity (Wildman–Crippen MR) is 91.7 cm³/mol. The lowest BCUT2D eigenvalue weighted by atomic mass is 9.82. The summed E-state index contributed by atoms with van der Waals surface area (Å²) in [5, 5.41) is 12.8. The van der Waals surface area contributed by atoms with E-state index in [1.807, 2.05) is 32.0 Å². The Kier molecular flexibility index (Phi) is 6.46. The van der Waals surface area contributed by atoms with Crippen LogP contribution in [0.2, 0.25) is 0 Å². The Hall–Kier alpha value is -1.55. The van der Waals surface area contributed by atoms with Gasteiger partial charge in [0.05, 0.1) is 11.5 Å². The first-order chi connectivity index (χ1) is 11.1. The fourth-order valence-electron chi connectivity index (χ4n) is 3.27. The van der Waals surface area contributed by atoms with Crippen molar-refractivity contribution in [3.8, 4) is 5.75 Å². The number of carbonyl (C=O) groups is 1. The SMILES string of the molecule is CCC(CC)(CNCc1ccccc1OC1CCCC1)C(=O)O. The van der Waals surface area contributed by atoms with Crippen LogP contribution in [0.5, 0.6) is 5.75 Å². The smallest absolute Gasteiger partial charge is 0.310 e. The van der Waals surface area contributed by atoms with Crippen LogP contribution in [0.4, 0.5) is 0 Å². The standard InChI is InChI=1S/C19H29NO3/c1-3-19(4-2,18(21)22)14-20-13-15-9-5-8-12-17(15)23-16-10-6-7-11-16/h5,8-9,12,16,20H,3-4,6-7,10-11,13-14H2,1-2H3,(H,21,22). The van der Waals surface area contributed by atoms with Crippen LogP contribution in [-0.4, -0.2) is 23.7 Å². The molecule has 4 heteroatoms. The van der Waals surface area contributed by atoms with Crippen LogP contribution in [0.25, 0.3) is 0 Å². The summed E-state index contributed by atoms with van der Waals surface area (Å²) in [6.45, 7) is 5.00. The second-order valence-electron chi connectivity index (χ2n) is 6.53. The Morgan fingerprint density at radius 3 is 2.52 bits per heavy atom. The van der Waals surface area contributed by atoms with Gasteiger partial charge in [-0.3, -0.25) is 4.79 Å². The van der Waals surface area contributed by atoms with Gasteiger partial charge in [0.25, 0.3) is 0 Å². The van der Waals surface area contributed by atoms with Crippen molar-refractivity contribution in [1.82, 2.24) is 5.32 Å². The highest BCUT2D eigenvalue weighted by molar-refractivity contribution is 5.74. The van der Waals surface area contributed by atoms with Crippen molar-refractivity contribution in [3.63, 3.8) is 0 Å². The van der Waals surface area contributed by atoms with Crippen molar-refractivity contribution in [2.24, 2.45) is 5.41 Å². The molecule has 4 nitrogen and oxygen atoms in total. The van der Waals surface area contributed by atoms with Crippen LogP contribution >= 0.6 is 0 Å². The molecule has 0 bridgehead atoms. The van der Waals surface area contributed by atoms with Crippen molar-refractivity contribution in [1.29, 1.82) is 0 Å². The van der Waals surface area contributed by atoms with Crippen LogP contribution in [0.1, 0.15) is 57.9 Å². The largest absolute Gasteiger partial charge is 0.490 e. The summed E-state index contributed by atoms with van der Waals surface area (Å²) in [7, 11) is 0. The maximum atomic E-state index is 11.6. The van der Waals surface area contributed by atoms with Gasteiger partial charge in [-0.15, -0.1) is 0 Å². The number of aliphatic carboxylic acids is 1. The molecule has 0 radical (unpaired) electrons. The Bertz CT molecular complexity index is 505. The average Bonchev–Trinajstić information content (AvgIpc) is 3.06. The summed E-state index contributed by atoms with van der Waals surface area (Å²) in [4.78, 5) is 11.6. The van der Waals surface area contributed by atoms with Gasteiger partial charge in [0.2, 0.25) is 0 Å². The fraction of sp³-hybridized carbons (Fsp3) is 0.632. The maximum Gasteiger partial charge on any atom is 0.310 e. The molecule has 23 heavy (non-hydrogen) atoms. The Morgan fingerprint density at radius 2 is 1.91 bits per heavy atom. The van der Waals surface area contributed by atoms with Crippen molar-refractivity contribution in [3.05, 3.63) is 29.8 Å². The molecule has 0 aromatic heterocycles. The lowest BCUT2D eigenvalue weighted by molar-refractivity contribution is -0.149. The number of nitrogens with one attached hydrogen (secondary N) is 1. The topological polar surface area (TPSA) is 58.6 Å². The molecule has 0 atom stereocenters. The molecule has 0 aliphatic heterocycles. The molecular weight excluding hydrogens is 290 g/mol. The molecule has 0 saturated heterocycles. The van der Waals surface area contributed by atoms with E-state index in [1.165, 1.54) is 12.8 Å². The highest BCUT2D eigenvalue weighted by atomic mass is 16.5. The van der Waals surface area contributed by atoms with E-state index in [2.05, 4.69) is 11.4 Å². The van der Waals surface area contributed by atoms with Crippen molar-refractivity contribution in [2.45, 2.75) is 65.0 Å². The number of benzene rings is 1.